The maximum atomic E-state index is 13.7. The van der Waals surface area contributed by atoms with E-state index >= 15 is 0 Å². The van der Waals surface area contributed by atoms with Gasteiger partial charge in [0.15, 0.2) is 0 Å². The van der Waals surface area contributed by atoms with Gasteiger partial charge in [-0.3, -0.25) is 9.48 Å². The number of anilines is 1. The molecule has 0 aliphatic heterocycles. The molecule has 1 amide bonds. The fourth-order valence-corrected chi connectivity index (χ4v) is 1.61. The molecule has 8 heteroatoms. The summed E-state index contributed by atoms with van der Waals surface area (Å²) in [5.41, 5.74) is -2.16. The van der Waals surface area contributed by atoms with Gasteiger partial charge in [-0.25, -0.2) is 4.39 Å². The van der Waals surface area contributed by atoms with E-state index in [2.05, 4.69) is 10.4 Å². The Labute approximate surface area is 111 Å². The second-order valence-electron chi connectivity index (χ2n) is 3.96. The van der Waals surface area contributed by atoms with Crippen LogP contribution in [-0.2, 0) is 13.2 Å². The maximum absolute atomic E-state index is 13.7. The summed E-state index contributed by atoms with van der Waals surface area (Å²) >= 11 is 0. The molecule has 1 heterocycles. The molecule has 1 aromatic heterocycles. The van der Waals surface area contributed by atoms with Gasteiger partial charge in [-0.05, 0) is 12.1 Å². The Balaban J connectivity index is 2.34. The second kappa shape index (κ2) is 4.95. The number of alkyl halides is 3. The lowest BCUT2D eigenvalue weighted by Crippen LogP contribution is -2.18. The fourth-order valence-electron chi connectivity index (χ4n) is 1.61. The van der Waals surface area contributed by atoms with Gasteiger partial charge in [0.2, 0.25) is 0 Å². The lowest BCUT2D eigenvalue weighted by Gasteiger charge is -2.11. The zero-order chi connectivity index (χ0) is 14.9. The zero-order valence-corrected chi connectivity index (χ0v) is 10.2. The molecule has 0 spiro atoms. The molecule has 0 saturated carbocycles. The number of aryl methyl sites for hydroxylation is 1. The van der Waals surface area contributed by atoms with Gasteiger partial charge in [0.05, 0.1) is 17.3 Å². The number of hydrogen-bond acceptors (Lipinski definition) is 2. The van der Waals surface area contributed by atoms with Crippen molar-refractivity contribution in [3.8, 4) is 0 Å². The number of halogens is 4. The van der Waals surface area contributed by atoms with Crippen molar-refractivity contribution in [1.82, 2.24) is 9.78 Å². The number of carbonyl (C=O) groups excluding carboxylic acids is 1. The predicted molar refractivity (Wildman–Crippen MR) is 62.6 cm³/mol. The quantitative estimate of drug-likeness (QED) is 0.863. The van der Waals surface area contributed by atoms with E-state index in [1.807, 2.05) is 0 Å². The number of benzene rings is 1. The molecular formula is C12H9F4N3O. The fraction of sp³-hybridized carbons (Fsp3) is 0.167. The van der Waals surface area contributed by atoms with Gasteiger partial charge < -0.3 is 5.32 Å². The van der Waals surface area contributed by atoms with E-state index in [0.717, 1.165) is 12.1 Å². The summed E-state index contributed by atoms with van der Waals surface area (Å²) in [7, 11) is 1.53. The van der Waals surface area contributed by atoms with E-state index < -0.39 is 29.0 Å². The van der Waals surface area contributed by atoms with Crippen LogP contribution in [0.25, 0.3) is 0 Å². The lowest BCUT2D eigenvalue weighted by atomic mass is 10.1. The Bertz CT molecular complexity index is 648. The van der Waals surface area contributed by atoms with Crippen molar-refractivity contribution in [3.63, 3.8) is 0 Å². The summed E-state index contributed by atoms with van der Waals surface area (Å²) in [4.78, 5) is 11.8. The number of rotatable bonds is 2. The standard InChI is InChI=1S/C12H9F4N3O/c1-19-9(5-6-17-19)18-11(20)7-3-2-4-8(10(7)13)12(14,15)16/h2-6H,1H3,(H,18,20). The van der Waals surface area contributed by atoms with E-state index in [1.165, 1.54) is 24.0 Å². The Morgan fingerprint density at radius 3 is 2.55 bits per heavy atom. The molecule has 2 aromatic rings. The number of amides is 1. The molecule has 1 N–H and O–H groups in total. The molecule has 0 radical (unpaired) electrons. The van der Waals surface area contributed by atoms with Gasteiger partial charge in [0.25, 0.3) is 5.91 Å². The molecule has 0 saturated heterocycles. The highest BCUT2D eigenvalue weighted by atomic mass is 19.4. The Kier molecular flexibility index (Phi) is 3.47. The highest BCUT2D eigenvalue weighted by Crippen LogP contribution is 2.32. The molecule has 0 bridgehead atoms. The Morgan fingerprint density at radius 1 is 1.30 bits per heavy atom. The molecule has 0 fully saturated rings. The van der Waals surface area contributed by atoms with Crippen molar-refractivity contribution in [2.45, 2.75) is 6.18 Å². The molecule has 0 aliphatic carbocycles. The number of nitrogens with zero attached hydrogens (tertiary/aromatic N) is 2. The third kappa shape index (κ3) is 2.63. The van der Waals surface area contributed by atoms with Crippen LogP contribution in [0.4, 0.5) is 23.4 Å². The molecule has 2 rings (SSSR count). The number of nitrogens with one attached hydrogen (secondary N) is 1. The minimum absolute atomic E-state index is 0.242. The van der Waals surface area contributed by atoms with Crippen LogP contribution in [0.1, 0.15) is 15.9 Å². The van der Waals surface area contributed by atoms with Crippen LogP contribution in [0.2, 0.25) is 0 Å². The molecule has 106 valence electrons. The topological polar surface area (TPSA) is 46.9 Å². The molecule has 4 nitrogen and oxygen atoms in total. The van der Waals surface area contributed by atoms with Crippen molar-refractivity contribution in [2.24, 2.45) is 7.05 Å². The third-order valence-electron chi connectivity index (χ3n) is 2.61. The summed E-state index contributed by atoms with van der Waals surface area (Å²) in [6.45, 7) is 0. The summed E-state index contributed by atoms with van der Waals surface area (Å²) in [6, 6.07) is 3.97. The first-order valence-corrected chi connectivity index (χ1v) is 5.46. The predicted octanol–water partition coefficient (Wildman–Crippen LogP) is 2.83. The molecule has 0 aliphatic rings. The van der Waals surface area contributed by atoms with E-state index in [1.54, 1.807) is 0 Å². The normalized spacial score (nSPS) is 11.4. The van der Waals surface area contributed by atoms with Gasteiger partial charge in [-0.15, -0.1) is 0 Å². The summed E-state index contributed by atoms with van der Waals surface area (Å²) in [6.07, 6.45) is -3.47. The molecule has 0 atom stereocenters. The maximum Gasteiger partial charge on any atom is 0.419 e. The van der Waals surface area contributed by atoms with Crippen LogP contribution in [0.5, 0.6) is 0 Å². The van der Waals surface area contributed by atoms with Crippen LogP contribution in [0, 0.1) is 5.82 Å². The smallest absolute Gasteiger partial charge is 0.307 e. The highest BCUT2D eigenvalue weighted by Gasteiger charge is 2.35. The minimum atomic E-state index is -4.85. The number of carbonyl (C=O) groups is 1. The monoisotopic (exact) mass is 287 g/mol. The SMILES string of the molecule is Cn1nccc1NC(=O)c1cccc(C(F)(F)F)c1F. The van der Waals surface area contributed by atoms with Crippen molar-refractivity contribution in [1.29, 1.82) is 0 Å². The van der Waals surface area contributed by atoms with E-state index in [9.17, 15) is 22.4 Å². The summed E-state index contributed by atoms with van der Waals surface area (Å²) in [5.74, 6) is -2.33. The highest BCUT2D eigenvalue weighted by molar-refractivity contribution is 6.04. The first kappa shape index (κ1) is 14.0. The van der Waals surface area contributed by atoms with Crippen LogP contribution >= 0.6 is 0 Å². The van der Waals surface area contributed by atoms with Crippen molar-refractivity contribution in [2.75, 3.05) is 5.32 Å². The number of aromatic nitrogens is 2. The van der Waals surface area contributed by atoms with Crippen molar-refractivity contribution < 1.29 is 22.4 Å². The van der Waals surface area contributed by atoms with E-state index in [4.69, 9.17) is 0 Å². The van der Waals surface area contributed by atoms with Gasteiger partial charge in [-0.1, -0.05) is 6.07 Å². The Morgan fingerprint density at radius 2 is 2.00 bits per heavy atom. The molecule has 1 aromatic carbocycles. The average molecular weight is 287 g/mol. The second-order valence-corrected chi connectivity index (χ2v) is 3.96. The molecule has 0 unspecified atom stereocenters. The van der Waals surface area contributed by atoms with Crippen molar-refractivity contribution >= 4 is 11.7 Å². The minimum Gasteiger partial charge on any atom is -0.307 e. The largest absolute Gasteiger partial charge is 0.419 e. The third-order valence-corrected chi connectivity index (χ3v) is 2.61. The summed E-state index contributed by atoms with van der Waals surface area (Å²) in [5, 5.41) is 6.05. The first-order valence-electron chi connectivity index (χ1n) is 5.46. The van der Waals surface area contributed by atoms with Crippen LogP contribution in [0.15, 0.2) is 30.5 Å². The molecule has 20 heavy (non-hydrogen) atoms. The van der Waals surface area contributed by atoms with Gasteiger partial charge in [-0.2, -0.15) is 18.3 Å². The molecular weight excluding hydrogens is 278 g/mol. The van der Waals surface area contributed by atoms with Gasteiger partial charge in [0, 0.05) is 13.1 Å². The first-order chi connectivity index (χ1) is 9.30. The lowest BCUT2D eigenvalue weighted by molar-refractivity contribution is -0.140. The van der Waals surface area contributed by atoms with Gasteiger partial charge in [0.1, 0.15) is 11.6 Å². The van der Waals surface area contributed by atoms with Crippen LogP contribution in [-0.4, -0.2) is 15.7 Å². The van der Waals surface area contributed by atoms with Crippen LogP contribution in [0.3, 0.4) is 0 Å². The van der Waals surface area contributed by atoms with Gasteiger partial charge >= 0.3 is 6.18 Å². The zero-order valence-electron chi connectivity index (χ0n) is 10.2. The van der Waals surface area contributed by atoms with Crippen LogP contribution < -0.4 is 5.32 Å². The average Bonchev–Trinajstić information content (AvgIpc) is 2.73. The number of hydrogen-bond donors (Lipinski definition) is 1. The van der Waals surface area contributed by atoms with E-state index in [0.29, 0.717) is 6.07 Å². The Hall–Kier alpha value is -2.38. The van der Waals surface area contributed by atoms with E-state index in [-0.39, 0.29) is 5.82 Å². The van der Waals surface area contributed by atoms with Crippen molar-refractivity contribution in [3.05, 3.63) is 47.4 Å². The summed E-state index contributed by atoms with van der Waals surface area (Å²) < 4.78 is 52.7.